The lowest BCUT2D eigenvalue weighted by Gasteiger charge is -2.11. The van der Waals surface area contributed by atoms with Gasteiger partial charge in [-0.05, 0) is 30.0 Å². The number of rotatable bonds is 19. The zero-order chi connectivity index (χ0) is 21.2. The average molecular weight is 404 g/mol. The van der Waals surface area contributed by atoms with Crippen LogP contribution >= 0.6 is 0 Å². The number of hydrogen-bond donors (Lipinski definition) is 2. The topological polar surface area (TPSA) is 49.3 Å². The van der Waals surface area contributed by atoms with Crippen LogP contribution in [0.5, 0.6) is 0 Å². The van der Waals surface area contributed by atoms with Crippen LogP contribution in [0.25, 0.3) is 0 Å². The first-order valence-corrected chi connectivity index (χ1v) is 12.2. The van der Waals surface area contributed by atoms with Gasteiger partial charge < -0.3 is 10.4 Å². The molecule has 0 amide bonds. The minimum absolute atomic E-state index is 0.0624. The number of unbranched alkanes of at least 4 members (excludes halogenated alkanes) is 13. The van der Waals surface area contributed by atoms with Crippen molar-refractivity contribution >= 4 is 11.7 Å². The Labute approximate surface area is 179 Å². The van der Waals surface area contributed by atoms with Crippen molar-refractivity contribution in [3.8, 4) is 0 Å². The van der Waals surface area contributed by atoms with E-state index in [0.29, 0.717) is 0 Å². The molecule has 3 nitrogen and oxygen atoms in total. The lowest BCUT2D eigenvalue weighted by Crippen LogP contribution is -2.04. The fourth-order valence-electron chi connectivity index (χ4n) is 3.86. The number of aliphatic carboxylic acids is 1. The van der Waals surface area contributed by atoms with Crippen molar-refractivity contribution in [3.63, 3.8) is 0 Å². The molecule has 0 radical (unpaired) electrons. The number of carbonyl (C=O) groups is 1. The van der Waals surface area contributed by atoms with E-state index < -0.39 is 5.97 Å². The van der Waals surface area contributed by atoms with Crippen LogP contribution in [0.3, 0.4) is 0 Å². The van der Waals surface area contributed by atoms with Gasteiger partial charge in [0.25, 0.3) is 0 Å². The second kappa shape index (κ2) is 17.4. The predicted molar refractivity (Wildman–Crippen MR) is 126 cm³/mol. The van der Waals surface area contributed by atoms with Gasteiger partial charge in [0.05, 0.1) is 6.42 Å². The van der Waals surface area contributed by atoms with Gasteiger partial charge in [-0.2, -0.15) is 0 Å². The van der Waals surface area contributed by atoms with Crippen LogP contribution in [-0.2, 0) is 4.79 Å². The van der Waals surface area contributed by atoms with Crippen molar-refractivity contribution in [1.82, 2.24) is 0 Å². The lowest BCUT2D eigenvalue weighted by atomic mass is 9.98. The number of carboxylic acid groups (broad SMARTS) is 1. The normalized spacial score (nSPS) is 12.1. The van der Waals surface area contributed by atoms with Crippen LogP contribution in [0.4, 0.5) is 5.69 Å². The Morgan fingerprint density at radius 3 is 1.69 bits per heavy atom. The van der Waals surface area contributed by atoms with Crippen LogP contribution in [0, 0.1) is 0 Å². The molecule has 1 unspecified atom stereocenters. The summed E-state index contributed by atoms with van der Waals surface area (Å²) in [4.78, 5) is 10.8. The Kier molecular flexibility index (Phi) is 15.3. The molecular weight excluding hydrogens is 358 g/mol. The van der Waals surface area contributed by atoms with E-state index >= 15 is 0 Å². The molecule has 0 spiro atoms. The van der Waals surface area contributed by atoms with Crippen molar-refractivity contribution in [3.05, 3.63) is 29.8 Å². The summed E-state index contributed by atoms with van der Waals surface area (Å²) in [7, 11) is 0. The number of nitrogens with one attached hydrogen (secondary N) is 1. The number of hydrogen-bond acceptors (Lipinski definition) is 2. The van der Waals surface area contributed by atoms with Crippen molar-refractivity contribution < 1.29 is 9.90 Å². The van der Waals surface area contributed by atoms with Gasteiger partial charge in [0.2, 0.25) is 0 Å². The minimum atomic E-state index is -0.738. The highest BCUT2D eigenvalue weighted by Crippen LogP contribution is 2.21. The van der Waals surface area contributed by atoms with Crippen molar-refractivity contribution in [2.24, 2.45) is 0 Å². The summed E-state index contributed by atoms with van der Waals surface area (Å²) in [5.74, 6) is -0.676. The van der Waals surface area contributed by atoms with Gasteiger partial charge >= 0.3 is 5.97 Å². The maximum absolute atomic E-state index is 10.8. The molecular formula is C26H45NO2. The smallest absolute Gasteiger partial charge is 0.303 e. The summed E-state index contributed by atoms with van der Waals surface area (Å²) >= 11 is 0. The standard InChI is InChI=1S/C26H45NO2/c1-3-4-5-6-7-8-9-10-11-12-13-14-15-16-21-27-25-19-17-24(18-20-25)23(2)22-26(28)29/h17-20,23,27H,3-16,21-22H2,1-2H3,(H,28,29). The molecule has 1 rings (SSSR count). The molecule has 0 aliphatic heterocycles. The van der Waals surface area contributed by atoms with Crippen molar-refractivity contribution in [1.29, 1.82) is 0 Å². The summed E-state index contributed by atoms with van der Waals surface area (Å²) in [6.45, 7) is 5.26. The van der Waals surface area contributed by atoms with E-state index in [-0.39, 0.29) is 12.3 Å². The molecule has 0 heterocycles. The molecule has 0 aliphatic rings. The zero-order valence-electron chi connectivity index (χ0n) is 19.1. The SMILES string of the molecule is CCCCCCCCCCCCCCCCNc1ccc(C(C)CC(=O)O)cc1. The first-order valence-electron chi connectivity index (χ1n) is 12.2. The summed E-state index contributed by atoms with van der Waals surface area (Å²) in [6, 6.07) is 8.22. The maximum atomic E-state index is 10.8. The van der Waals surface area contributed by atoms with E-state index in [2.05, 4.69) is 24.4 Å². The number of carboxylic acids is 1. The van der Waals surface area contributed by atoms with E-state index in [0.717, 1.165) is 17.8 Å². The average Bonchev–Trinajstić information content (AvgIpc) is 2.71. The zero-order valence-corrected chi connectivity index (χ0v) is 19.1. The maximum Gasteiger partial charge on any atom is 0.303 e. The largest absolute Gasteiger partial charge is 0.481 e. The Balaban J connectivity index is 1.91. The van der Waals surface area contributed by atoms with Gasteiger partial charge in [0, 0.05) is 12.2 Å². The lowest BCUT2D eigenvalue weighted by molar-refractivity contribution is -0.137. The number of benzene rings is 1. The third kappa shape index (κ3) is 14.2. The monoisotopic (exact) mass is 403 g/mol. The molecule has 0 bridgehead atoms. The second-order valence-corrected chi connectivity index (χ2v) is 8.64. The van der Waals surface area contributed by atoms with Crippen molar-refractivity contribution in [2.75, 3.05) is 11.9 Å². The van der Waals surface area contributed by atoms with Crippen LogP contribution < -0.4 is 5.32 Å². The first-order chi connectivity index (χ1) is 14.1. The summed E-state index contributed by atoms with van der Waals surface area (Å²) in [6.07, 6.45) is 19.6. The third-order valence-electron chi connectivity index (χ3n) is 5.82. The molecule has 0 aromatic heterocycles. The van der Waals surface area contributed by atoms with Crippen molar-refractivity contribution in [2.45, 2.75) is 116 Å². The van der Waals surface area contributed by atoms with Crippen LogP contribution in [0.2, 0.25) is 0 Å². The van der Waals surface area contributed by atoms with Gasteiger partial charge in [-0.1, -0.05) is 109 Å². The minimum Gasteiger partial charge on any atom is -0.481 e. The Morgan fingerprint density at radius 2 is 1.24 bits per heavy atom. The Hall–Kier alpha value is -1.51. The highest BCUT2D eigenvalue weighted by Gasteiger charge is 2.09. The van der Waals surface area contributed by atoms with E-state index in [4.69, 9.17) is 5.11 Å². The van der Waals surface area contributed by atoms with E-state index in [9.17, 15) is 4.79 Å². The highest BCUT2D eigenvalue weighted by atomic mass is 16.4. The van der Waals surface area contributed by atoms with E-state index in [1.165, 1.54) is 89.9 Å². The van der Waals surface area contributed by atoms with Crippen LogP contribution in [0.1, 0.15) is 122 Å². The summed E-state index contributed by atoms with van der Waals surface area (Å²) < 4.78 is 0. The van der Waals surface area contributed by atoms with Gasteiger partial charge in [-0.15, -0.1) is 0 Å². The van der Waals surface area contributed by atoms with Gasteiger partial charge in [-0.25, -0.2) is 0 Å². The molecule has 1 aromatic rings. The molecule has 0 fully saturated rings. The molecule has 2 N–H and O–H groups in total. The molecule has 3 heteroatoms. The number of anilines is 1. The van der Waals surface area contributed by atoms with Gasteiger partial charge in [0.15, 0.2) is 0 Å². The molecule has 1 aromatic carbocycles. The molecule has 0 aliphatic carbocycles. The van der Waals surface area contributed by atoms with Crippen LogP contribution in [0.15, 0.2) is 24.3 Å². The molecule has 166 valence electrons. The van der Waals surface area contributed by atoms with Crippen LogP contribution in [-0.4, -0.2) is 17.6 Å². The molecule has 1 atom stereocenters. The summed E-state index contributed by atoms with van der Waals surface area (Å²) in [5.41, 5.74) is 2.22. The highest BCUT2D eigenvalue weighted by molar-refractivity contribution is 5.68. The third-order valence-corrected chi connectivity index (χ3v) is 5.82. The van der Waals surface area contributed by atoms with E-state index in [1.807, 2.05) is 19.1 Å². The van der Waals surface area contributed by atoms with E-state index in [1.54, 1.807) is 0 Å². The van der Waals surface area contributed by atoms with Gasteiger partial charge in [0.1, 0.15) is 0 Å². The Morgan fingerprint density at radius 1 is 0.793 bits per heavy atom. The molecule has 0 saturated carbocycles. The molecule has 0 saturated heterocycles. The second-order valence-electron chi connectivity index (χ2n) is 8.64. The van der Waals surface area contributed by atoms with Gasteiger partial charge in [-0.3, -0.25) is 4.79 Å². The molecule has 29 heavy (non-hydrogen) atoms. The summed E-state index contributed by atoms with van der Waals surface area (Å²) in [5, 5.41) is 12.4. The fourth-order valence-corrected chi connectivity index (χ4v) is 3.86. The first kappa shape index (κ1) is 25.5. The Bertz CT molecular complexity index is 512. The fraction of sp³-hybridized carbons (Fsp3) is 0.731. The predicted octanol–water partition coefficient (Wildman–Crippen LogP) is 8.16. The quantitative estimate of drug-likeness (QED) is 0.229.